The van der Waals surface area contributed by atoms with Gasteiger partial charge in [0.25, 0.3) is 0 Å². The van der Waals surface area contributed by atoms with Crippen LogP contribution in [0.2, 0.25) is 0 Å². The van der Waals surface area contributed by atoms with Crippen LogP contribution in [0.15, 0.2) is 94.4 Å². The molecule has 0 bridgehead atoms. The van der Waals surface area contributed by atoms with Crippen LogP contribution in [0.5, 0.6) is 11.5 Å². The first-order valence-electron chi connectivity index (χ1n) is 9.30. The number of fused-ring (bicyclic) bond motifs is 1. The third-order valence-corrected chi connectivity index (χ3v) is 5.15. The Morgan fingerprint density at radius 3 is 2.52 bits per heavy atom. The smallest absolute Gasteiger partial charge is 0.128 e. The molecule has 0 saturated heterocycles. The highest BCUT2D eigenvalue weighted by Gasteiger charge is 2.06. The van der Waals surface area contributed by atoms with Crippen molar-refractivity contribution < 1.29 is 9.47 Å². The van der Waals surface area contributed by atoms with E-state index in [1.807, 2.05) is 48.7 Å². The number of halogens is 1. The SMILES string of the molecule is COc1ccc(N=Cc2cc(Br)ccc2OCc2cccc3ccccc23)cc1. The van der Waals surface area contributed by atoms with Gasteiger partial charge < -0.3 is 9.47 Å². The van der Waals surface area contributed by atoms with Crippen molar-refractivity contribution in [1.82, 2.24) is 0 Å². The van der Waals surface area contributed by atoms with Crippen LogP contribution in [0.3, 0.4) is 0 Å². The Morgan fingerprint density at radius 1 is 0.897 bits per heavy atom. The molecule has 0 spiro atoms. The highest BCUT2D eigenvalue weighted by atomic mass is 79.9. The molecule has 0 saturated carbocycles. The first-order valence-corrected chi connectivity index (χ1v) is 10.1. The number of nitrogens with zero attached hydrogens (tertiary/aromatic N) is 1. The summed E-state index contributed by atoms with van der Waals surface area (Å²) >= 11 is 3.54. The van der Waals surface area contributed by atoms with Crippen molar-refractivity contribution in [3.63, 3.8) is 0 Å². The van der Waals surface area contributed by atoms with Gasteiger partial charge in [0.1, 0.15) is 18.1 Å². The van der Waals surface area contributed by atoms with Crippen LogP contribution in [0, 0.1) is 0 Å². The van der Waals surface area contributed by atoms with Crippen molar-refractivity contribution in [3.05, 3.63) is 101 Å². The molecule has 0 fully saturated rings. The molecular formula is C25H20BrNO2. The molecule has 0 heterocycles. The molecule has 4 aromatic carbocycles. The van der Waals surface area contributed by atoms with E-state index in [2.05, 4.69) is 63.4 Å². The summed E-state index contributed by atoms with van der Waals surface area (Å²) in [5.41, 5.74) is 2.92. The summed E-state index contributed by atoms with van der Waals surface area (Å²) in [6.07, 6.45) is 1.82. The molecule has 144 valence electrons. The predicted molar refractivity (Wildman–Crippen MR) is 123 cm³/mol. The van der Waals surface area contributed by atoms with Gasteiger partial charge in [0.2, 0.25) is 0 Å². The first kappa shape index (κ1) is 19.2. The molecule has 0 atom stereocenters. The highest BCUT2D eigenvalue weighted by molar-refractivity contribution is 9.10. The number of ether oxygens (including phenoxy) is 2. The Bertz CT molecular complexity index is 1150. The molecule has 4 aromatic rings. The van der Waals surface area contributed by atoms with Crippen molar-refractivity contribution in [3.8, 4) is 11.5 Å². The molecule has 3 nitrogen and oxygen atoms in total. The van der Waals surface area contributed by atoms with Crippen molar-refractivity contribution >= 4 is 38.6 Å². The summed E-state index contributed by atoms with van der Waals surface area (Å²) < 4.78 is 12.4. The fourth-order valence-electron chi connectivity index (χ4n) is 3.14. The molecule has 0 aliphatic heterocycles. The summed E-state index contributed by atoms with van der Waals surface area (Å²) in [4.78, 5) is 4.58. The van der Waals surface area contributed by atoms with Gasteiger partial charge in [0.15, 0.2) is 0 Å². The Balaban J connectivity index is 1.57. The molecule has 0 amide bonds. The summed E-state index contributed by atoms with van der Waals surface area (Å²) in [5, 5.41) is 2.42. The van der Waals surface area contributed by atoms with Gasteiger partial charge in [-0.2, -0.15) is 0 Å². The van der Waals surface area contributed by atoms with E-state index >= 15 is 0 Å². The van der Waals surface area contributed by atoms with Crippen molar-refractivity contribution in [2.45, 2.75) is 6.61 Å². The van der Waals surface area contributed by atoms with E-state index in [1.165, 1.54) is 10.8 Å². The zero-order chi connectivity index (χ0) is 20.1. The van der Waals surface area contributed by atoms with E-state index in [9.17, 15) is 0 Å². The molecule has 0 aliphatic carbocycles. The van der Waals surface area contributed by atoms with Gasteiger partial charge in [-0.3, -0.25) is 4.99 Å². The van der Waals surface area contributed by atoms with Crippen LogP contribution in [0.25, 0.3) is 10.8 Å². The van der Waals surface area contributed by atoms with E-state index in [4.69, 9.17) is 9.47 Å². The van der Waals surface area contributed by atoms with E-state index in [0.29, 0.717) is 6.61 Å². The quantitative estimate of drug-likeness (QED) is 0.301. The summed E-state index contributed by atoms with van der Waals surface area (Å²) in [6, 6.07) is 28.2. The van der Waals surface area contributed by atoms with Crippen LogP contribution in [0.4, 0.5) is 5.69 Å². The lowest BCUT2D eigenvalue weighted by atomic mass is 10.1. The molecule has 0 aromatic heterocycles. The van der Waals surface area contributed by atoms with E-state index in [1.54, 1.807) is 7.11 Å². The molecule has 0 N–H and O–H groups in total. The van der Waals surface area contributed by atoms with Crippen molar-refractivity contribution in [2.75, 3.05) is 7.11 Å². The lowest BCUT2D eigenvalue weighted by Gasteiger charge is -2.11. The standard InChI is InChI=1S/C25H20BrNO2/c1-28-23-12-10-22(11-13-23)27-16-20-15-21(26)9-14-25(20)29-17-19-7-4-6-18-5-2-3-8-24(18)19/h2-16H,17H2,1H3. The number of hydrogen-bond acceptors (Lipinski definition) is 3. The largest absolute Gasteiger partial charge is 0.497 e. The van der Waals surface area contributed by atoms with E-state index in [-0.39, 0.29) is 0 Å². The maximum Gasteiger partial charge on any atom is 0.128 e. The fourth-order valence-corrected chi connectivity index (χ4v) is 3.52. The summed E-state index contributed by atoms with van der Waals surface area (Å²) in [7, 11) is 1.65. The number of aliphatic imine (C=N–C) groups is 1. The van der Waals surface area contributed by atoms with Gasteiger partial charge in [-0.15, -0.1) is 0 Å². The van der Waals surface area contributed by atoms with Crippen LogP contribution >= 0.6 is 15.9 Å². The van der Waals surface area contributed by atoms with Gasteiger partial charge in [-0.1, -0.05) is 58.4 Å². The Labute approximate surface area is 178 Å². The van der Waals surface area contributed by atoms with E-state index < -0.39 is 0 Å². The van der Waals surface area contributed by atoms with Crippen LogP contribution in [-0.2, 0) is 6.61 Å². The van der Waals surface area contributed by atoms with Gasteiger partial charge >= 0.3 is 0 Å². The molecule has 0 radical (unpaired) electrons. The topological polar surface area (TPSA) is 30.8 Å². The number of rotatable bonds is 6. The van der Waals surface area contributed by atoms with Gasteiger partial charge in [0, 0.05) is 16.3 Å². The average Bonchev–Trinajstić information content (AvgIpc) is 2.77. The number of hydrogen-bond donors (Lipinski definition) is 0. The Hall–Kier alpha value is -3.11. The van der Waals surface area contributed by atoms with Crippen molar-refractivity contribution in [2.24, 2.45) is 4.99 Å². The predicted octanol–water partition coefficient (Wildman–Crippen LogP) is 6.94. The van der Waals surface area contributed by atoms with Crippen LogP contribution in [-0.4, -0.2) is 13.3 Å². The fraction of sp³-hybridized carbons (Fsp3) is 0.0800. The normalized spacial score (nSPS) is 11.1. The first-order chi connectivity index (χ1) is 14.2. The Morgan fingerprint density at radius 2 is 1.69 bits per heavy atom. The minimum atomic E-state index is 0.492. The molecular weight excluding hydrogens is 426 g/mol. The molecule has 4 heteroatoms. The van der Waals surface area contributed by atoms with Crippen molar-refractivity contribution in [1.29, 1.82) is 0 Å². The zero-order valence-corrected chi connectivity index (χ0v) is 17.6. The summed E-state index contributed by atoms with van der Waals surface area (Å²) in [6.45, 7) is 0.492. The minimum absolute atomic E-state index is 0.492. The second-order valence-electron chi connectivity index (χ2n) is 6.57. The van der Waals surface area contributed by atoms with Crippen LogP contribution < -0.4 is 9.47 Å². The summed E-state index contributed by atoms with van der Waals surface area (Å²) in [5.74, 6) is 1.60. The Kier molecular flexibility index (Phi) is 5.92. The lowest BCUT2D eigenvalue weighted by Crippen LogP contribution is -1.99. The van der Waals surface area contributed by atoms with Crippen LogP contribution in [0.1, 0.15) is 11.1 Å². The monoisotopic (exact) mass is 445 g/mol. The molecule has 4 rings (SSSR count). The highest BCUT2D eigenvalue weighted by Crippen LogP contribution is 2.26. The maximum atomic E-state index is 6.18. The third kappa shape index (κ3) is 4.66. The second kappa shape index (κ2) is 8.93. The van der Waals surface area contributed by atoms with E-state index in [0.717, 1.165) is 32.8 Å². The maximum absolute atomic E-state index is 6.18. The van der Waals surface area contributed by atoms with Gasteiger partial charge in [-0.05, 0) is 58.8 Å². The third-order valence-electron chi connectivity index (χ3n) is 4.66. The van der Waals surface area contributed by atoms with Gasteiger partial charge in [0.05, 0.1) is 12.8 Å². The minimum Gasteiger partial charge on any atom is -0.497 e. The number of methoxy groups -OCH3 is 1. The molecule has 29 heavy (non-hydrogen) atoms. The average molecular weight is 446 g/mol. The zero-order valence-electron chi connectivity index (χ0n) is 16.0. The molecule has 0 aliphatic rings. The second-order valence-corrected chi connectivity index (χ2v) is 7.48. The van der Waals surface area contributed by atoms with Gasteiger partial charge in [-0.25, -0.2) is 0 Å². The molecule has 0 unspecified atom stereocenters. The lowest BCUT2D eigenvalue weighted by molar-refractivity contribution is 0.307. The number of benzene rings is 4.